The van der Waals surface area contributed by atoms with Crippen LogP contribution in [0.4, 0.5) is 5.69 Å². The van der Waals surface area contributed by atoms with Gasteiger partial charge in [-0.05, 0) is 69.2 Å². The number of amides is 2. The Hall–Kier alpha value is -2.69. The minimum atomic E-state index is -0.260. The van der Waals surface area contributed by atoms with Crippen LogP contribution in [0.3, 0.4) is 0 Å². The number of allylic oxidation sites excluding steroid dienone is 3. The smallest absolute Gasteiger partial charge is 0.240 e. The molecule has 1 aliphatic carbocycles. The largest absolute Gasteiger partial charge is 0.326 e. The number of hydrazone groups is 1. The van der Waals surface area contributed by atoms with Gasteiger partial charge < -0.3 is 5.32 Å². The molecule has 0 unspecified atom stereocenters. The number of nitrogens with zero attached hydrogens (tertiary/aromatic N) is 1. The Morgan fingerprint density at radius 2 is 1.89 bits per heavy atom. The molecule has 0 saturated heterocycles. The number of aryl methyl sites for hydroxylation is 2. The molecule has 0 radical (unpaired) electrons. The van der Waals surface area contributed by atoms with Gasteiger partial charge in [-0.15, -0.1) is 0 Å². The first-order valence-corrected chi connectivity index (χ1v) is 9.31. The van der Waals surface area contributed by atoms with Crippen LogP contribution in [-0.2, 0) is 9.59 Å². The fourth-order valence-corrected chi connectivity index (χ4v) is 2.92. The Morgan fingerprint density at radius 1 is 1.19 bits per heavy atom. The molecule has 0 fully saturated rings. The molecule has 1 aliphatic rings. The molecule has 0 heterocycles. The van der Waals surface area contributed by atoms with Crippen LogP contribution in [0.15, 0.2) is 47.1 Å². The van der Waals surface area contributed by atoms with Gasteiger partial charge in [-0.3, -0.25) is 9.59 Å². The number of benzene rings is 1. The topological polar surface area (TPSA) is 70.6 Å². The highest BCUT2D eigenvalue weighted by Crippen LogP contribution is 2.26. The van der Waals surface area contributed by atoms with Crippen molar-refractivity contribution in [3.8, 4) is 0 Å². The predicted molar refractivity (Wildman–Crippen MR) is 111 cm³/mol. The van der Waals surface area contributed by atoms with Crippen molar-refractivity contribution in [1.82, 2.24) is 5.43 Å². The maximum absolute atomic E-state index is 12.1. The fourth-order valence-electron chi connectivity index (χ4n) is 2.92. The van der Waals surface area contributed by atoms with Gasteiger partial charge in [0, 0.05) is 18.5 Å². The van der Waals surface area contributed by atoms with Crippen LogP contribution in [-0.4, -0.2) is 17.5 Å². The third kappa shape index (κ3) is 6.20. The standard InChI is InChI=1S/C22H29N3O2/c1-14(2)18-9-8-17(5)20(13-18)24-25-22(27)11-10-21(26)23-19-12-15(3)6-7-16(19)4/h6-8,12,18H,1,9-11,13H2,2-5H3,(H,23,26)(H,25,27)/b24-20-/t18-/m1/s1. The molecule has 2 amide bonds. The first kappa shape index (κ1) is 20.6. The molecule has 1 aromatic carbocycles. The Balaban J connectivity index is 1.84. The SMILES string of the molecule is C=C(C)[C@@H]1CC=C(C)/C(=N\NC(=O)CCC(=O)Nc2cc(C)ccc2C)C1. The lowest BCUT2D eigenvalue weighted by molar-refractivity contribution is -0.124. The van der Waals surface area contributed by atoms with E-state index >= 15 is 0 Å². The zero-order valence-electron chi connectivity index (χ0n) is 16.7. The number of hydrogen-bond donors (Lipinski definition) is 2. The quantitative estimate of drug-likeness (QED) is 0.577. The lowest BCUT2D eigenvalue weighted by atomic mass is 9.85. The van der Waals surface area contributed by atoms with Crippen LogP contribution in [0.5, 0.6) is 0 Å². The molecule has 2 rings (SSSR count). The number of carbonyl (C=O) groups excluding carboxylic acids is 2. The number of rotatable bonds is 6. The number of hydrogen-bond acceptors (Lipinski definition) is 3. The van der Waals surface area contributed by atoms with Gasteiger partial charge in [-0.1, -0.05) is 30.4 Å². The number of carbonyl (C=O) groups is 2. The normalized spacial score (nSPS) is 18.0. The highest BCUT2D eigenvalue weighted by molar-refractivity contribution is 6.01. The lowest BCUT2D eigenvalue weighted by Crippen LogP contribution is -2.24. The van der Waals surface area contributed by atoms with E-state index in [0.717, 1.165) is 46.5 Å². The van der Waals surface area contributed by atoms with Gasteiger partial charge in [0.25, 0.3) is 0 Å². The van der Waals surface area contributed by atoms with Crippen LogP contribution in [0, 0.1) is 19.8 Å². The highest BCUT2D eigenvalue weighted by atomic mass is 16.2. The molecule has 2 N–H and O–H groups in total. The monoisotopic (exact) mass is 367 g/mol. The maximum atomic E-state index is 12.1. The van der Waals surface area contributed by atoms with Crippen LogP contribution in [0.25, 0.3) is 0 Å². The molecule has 27 heavy (non-hydrogen) atoms. The van der Waals surface area contributed by atoms with E-state index in [0.29, 0.717) is 5.92 Å². The first-order chi connectivity index (χ1) is 12.8. The number of anilines is 1. The van der Waals surface area contributed by atoms with E-state index in [1.54, 1.807) is 0 Å². The van der Waals surface area contributed by atoms with Crippen LogP contribution >= 0.6 is 0 Å². The summed E-state index contributed by atoms with van der Waals surface area (Å²) >= 11 is 0. The second-order valence-corrected chi connectivity index (χ2v) is 7.33. The van der Waals surface area contributed by atoms with E-state index in [1.165, 1.54) is 0 Å². The highest BCUT2D eigenvalue weighted by Gasteiger charge is 2.19. The second kappa shape index (κ2) is 9.31. The zero-order valence-corrected chi connectivity index (χ0v) is 16.7. The molecule has 0 saturated carbocycles. The van der Waals surface area contributed by atoms with Crippen molar-refractivity contribution in [3.05, 3.63) is 53.1 Å². The van der Waals surface area contributed by atoms with Gasteiger partial charge >= 0.3 is 0 Å². The van der Waals surface area contributed by atoms with Crippen LogP contribution < -0.4 is 10.7 Å². The van der Waals surface area contributed by atoms with Crippen molar-refractivity contribution in [1.29, 1.82) is 0 Å². The van der Waals surface area contributed by atoms with Gasteiger partial charge in [0.1, 0.15) is 0 Å². The van der Waals surface area contributed by atoms with Crippen molar-refractivity contribution in [2.75, 3.05) is 5.32 Å². The van der Waals surface area contributed by atoms with Gasteiger partial charge in [-0.25, -0.2) is 5.43 Å². The molecule has 144 valence electrons. The summed E-state index contributed by atoms with van der Waals surface area (Å²) in [6.45, 7) is 11.9. The molecular weight excluding hydrogens is 338 g/mol. The lowest BCUT2D eigenvalue weighted by Gasteiger charge is -2.22. The minimum absolute atomic E-state index is 0.0974. The summed E-state index contributed by atoms with van der Waals surface area (Å²) in [6, 6.07) is 5.89. The van der Waals surface area contributed by atoms with E-state index < -0.39 is 0 Å². The van der Waals surface area contributed by atoms with Crippen LogP contribution in [0.2, 0.25) is 0 Å². The number of nitrogens with one attached hydrogen (secondary N) is 2. The average Bonchev–Trinajstić information content (AvgIpc) is 2.62. The van der Waals surface area contributed by atoms with Gasteiger partial charge in [0.2, 0.25) is 11.8 Å². The Kier molecular flexibility index (Phi) is 7.11. The van der Waals surface area contributed by atoms with Gasteiger partial charge in [-0.2, -0.15) is 5.10 Å². The fraction of sp³-hybridized carbons (Fsp3) is 0.409. The summed E-state index contributed by atoms with van der Waals surface area (Å²) in [7, 11) is 0. The molecular formula is C22H29N3O2. The maximum Gasteiger partial charge on any atom is 0.240 e. The summed E-state index contributed by atoms with van der Waals surface area (Å²) in [5.41, 5.74) is 8.53. The van der Waals surface area contributed by atoms with E-state index in [9.17, 15) is 9.59 Å². The zero-order chi connectivity index (χ0) is 20.0. The second-order valence-electron chi connectivity index (χ2n) is 7.33. The van der Waals surface area contributed by atoms with E-state index in [1.807, 2.05) is 45.9 Å². The molecule has 5 heteroatoms. The molecule has 0 bridgehead atoms. The molecule has 0 spiro atoms. The summed E-state index contributed by atoms with van der Waals surface area (Å²) in [4.78, 5) is 24.2. The van der Waals surface area contributed by atoms with Crippen molar-refractivity contribution < 1.29 is 9.59 Å². The predicted octanol–water partition coefficient (Wildman–Crippen LogP) is 4.43. The van der Waals surface area contributed by atoms with Gasteiger partial charge in [0.15, 0.2) is 0 Å². The third-order valence-corrected chi connectivity index (χ3v) is 4.86. The molecule has 0 aromatic heterocycles. The Morgan fingerprint density at radius 3 is 2.59 bits per heavy atom. The van der Waals surface area contributed by atoms with E-state index in [2.05, 4.69) is 28.5 Å². The molecule has 1 aromatic rings. The third-order valence-electron chi connectivity index (χ3n) is 4.86. The van der Waals surface area contributed by atoms with E-state index in [-0.39, 0.29) is 24.7 Å². The average molecular weight is 367 g/mol. The summed E-state index contributed by atoms with van der Waals surface area (Å²) in [5.74, 6) is -0.0702. The van der Waals surface area contributed by atoms with Crippen molar-refractivity contribution in [2.24, 2.45) is 11.0 Å². The first-order valence-electron chi connectivity index (χ1n) is 9.31. The van der Waals surface area contributed by atoms with Crippen LogP contribution in [0.1, 0.15) is 50.7 Å². The Labute approximate surface area is 161 Å². The van der Waals surface area contributed by atoms with Crippen molar-refractivity contribution in [2.45, 2.75) is 53.4 Å². The summed E-state index contributed by atoms with van der Waals surface area (Å²) < 4.78 is 0. The Bertz CT molecular complexity index is 806. The van der Waals surface area contributed by atoms with Crippen molar-refractivity contribution in [3.63, 3.8) is 0 Å². The van der Waals surface area contributed by atoms with Gasteiger partial charge in [0.05, 0.1) is 5.71 Å². The van der Waals surface area contributed by atoms with E-state index in [4.69, 9.17) is 0 Å². The summed E-state index contributed by atoms with van der Waals surface area (Å²) in [6.07, 6.45) is 4.09. The molecule has 0 aliphatic heterocycles. The van der Waals surface area contributed by atoms with Crippen molar-refractivity contribution >= 4 is 23.2 Å². The summed E-state index contributed by atoms with van der Waals surface area (Å²) in [5, 5.41) is 7.12. The minimum Gasteiger partial charge on any atom is -0.326 e. The molecule has 1 atom stereocenters. The molecule has 5 nitrogen and oxygen atoms in total.